The SMILES string of the molecule is CC(C)(C)c1cc(NC(=O)C(O)c2ccc(OCCN3CCOCC3)c3ccccc23)no1. The minimum Gasteiger partial charge on any atom is -0.492 e. The second-order valence-electron chi connectivity index (χ2n) is 9.22. The van der Waals surface area contributed by atoms with Gasteiger partial charge in [-0.2, -0.15) is 0 Å². The van der Waals surface area contributed by atoms with Crippen LogP contribution in [0.3, 0.4) is 0 Å². The largest absolute Gasteiger partial charge is 0.492 e. The number of aromatic nitrogens is 1. The highest BCUT2D eigenvalue weighted by atomic mass is 16.5. The van der Waals surface area contributed by atoms with E-state index in [2.05, 4.69) is 15.4 Å². The van der Waals surface area contributed by atoms with E-state index in [0.29, 0.717) is 17.9 Å². The van der Waals surface area contributed by atoms with Gasteiger partial charge in [0.05, 0.1) is 13.2 Å². The maximum absolute atomic E-state index is 12.8. The van der Waals surface area contributed by atoms with Gasteiger partial charge in [-0.15, -0.1) is 0 Å². The van der Waals surface area contributed by atoms with Crippen LogP contribution in [0.15, 0.2) is 47.0 Å². The highest BCUT2D eigenvalue weighted by molar-refractivity contribution is 5.99. The van der Waals surface area contributed by atoms with Gasteiger partial charge in [0.1, 0.15) is 18.1 Å². The molecule has 8 heteroatoms. The molecule has 2 heterocycles. The van der Waals surface area contributed by atoms with E-state index in [1.165, 1.54) is 0 Å². The Morgan fingerprint density at radius 3 is 2.61 bits per heavy atom. The molecule has 1 unspecified atom stereocenters. The summed E-state index contributed by atoms with van der Waals surface area (Å²) in [5.74, 6) is 1.07. The van der Waals surface area contributed by atoms with Gasteiger partial charge in [0, 0.05) is 36.5 Å². The maximum atomic E-state index is 12.8. The molecule has 0 bridgehead atoms. The van der Waals surface area contributed by atoms with Gasteiger partial charge in [-0.1, -0.05) is 56.3 Å². The van der Waals surface area contributed by atoms with Crippen molar-refractivity contribution in [2.24, 2.45) is 0 Å². The number of aliphatic hydroxyl groups excluding tert-OH is 1. The molecule has 2 N–H and O–H groups in total. The van der Waals surface area contributed by atoms with Crippen molar-refractivity contribution < 1.29 is 23.9 Å². The first-order chi connectivity index (χ1) is 15.8. The van der Waals surface area contributed by atoms with Crippen molar-refractivity contribution in [2.45, 2.75) is 32.3 Å². The third-order valence-corrected chi connectivity index (χ3v) is 5.73. The van der Waals surface area contributed by atoms with E-state index >= 15 is 0 Å². The summed E-state index contributed by atoms with van der Waals surface area (Å²) >= 11 is 0. The Labute approximate surface area is 193 Å². The molecule has 1 fully saturated rings. The molecular weight excluding hydrogens is 422 g/mol. The molecule has 1 aromatic heterocycles. The number of carbonyl (C=O) groups is 1. The van der Waals surface area contributed by atoms with Crippen LogP contribution in [-0.2, 0) is 14.9 Å². The molecule has 0 spiro atoms. The number of anilines is 1. The maximum Gasteiger partial charge on any atom is 0.259 e. The average molecular weight is 454 g/mol. The van der Waals surface area contributed by atoms with E-state index in [-0.39, 0.29) is 11.2 Å². The van der Waals surface area contributed by atoms with Gasteiger partial charge in [-0.3, -0.25) is 9.69 Å². The quantitative estimate of drug-likeness (QED) is 0.565. The summed E-state index contributed by atoms with van der Waals surface area (Å²) in [5, 5.41) is 19.0. The molecule has 1 amide bonds. The first kappa shape index (κ1) is 23.2. The smallest absolute Gasteiger partial charge is 0.259 e. The molecule has 4 rings (SSSR count). The van der Waals surface area contributed by atoms with E-state index in [9.17, 15) is 9.90 Å². The van der Waals surface area contributed by atoms with E-state index in [4.69, 9.17) is 14.0 Å². The predicted octanol–water partition coefficient (Wildman–Crippen LogP) is 3.51. The Morgan fingerprint density at radius 1 is 1.18 bits per heavy atom. The lowest BCUT2D eigenvalue weighted by molar-refractivity contribution is -0.124. The lowest BCUT2D eigenvalue weighted by atomic mass is 9.93. The van der Waals surface area contributed by atoms with E-state index in [1.807, 2.05) is 45.0 Å². The number of carbonyl (C=O) groups excluding carboxylic acids is 1. The van der Waals surface area contributed by atoms with Crippen LogP contribution in [0.1, 0.15) is 38.2 Å². The first-order valence-electron chi connectivity index (χ1n) is 11.2. The number of rotatable bonds is 7. The summed E-state index contributed by atoms with van der Waals surface area (Å²) in [5.41, 5.74) is 0.269. The highest BCUT2D eigenvalue weighted by Gasteiger charge is 2.24. The Hall–Kier alpha value is -2.94. The van der Waals surface area contributed by atoms with Gasteiger partial charge in [0.15, 0.2) is 11.9 Å². The van der Waals surface area contributed by atoms with Crippen LogP contribution in [0.4, 0.5) is 5.82 Å². The molecule has 3 aromatic rings. The Balaban J connectivity index is 1.47. The van der Waals surface area contributed by atoms with Crippen LogP contribution in [-0.4, -0.2) is 60.5 Å². The van der Waals surface area contributed by atoms with E-state index < -0.39 is 12.0 Å². The van der Waals surface area contributed by atoms with Crippen molar-refractivity contribution in [2.75, 3.05) is 44.8 Å². The topological polar surface area (TPSA) is 97.1 Å². The standard InChI is InChI=1S/C25H31N3O5/c1-25(2,3)21-16-22(27-33-21)26-24(30)23(29)19-8-9-20(18-7-5-4-6-17(18)19)32-15-12-28-10-13-31-14-11-28/h4-9,16,23,29H,10-15H2,1-3H3,(H,26,27,30). The Kier molecular flexibility index (Phi) is 6.97. The Bertz CT molecular complexity index is 1100. The fourth-order valence-electron chi connectivity index (χ4n) is 3.79. The summed E-state index contributed by atoms with van der Waals surface area (Å²) in [6.45, 7) is 10.7. The number of morpholine rings is 1. The Morgan fingerprint density at radius 2 is 1.91 bits per heavy atom. The number of amides is 1. The van der Waals surface area contributed by atoms with Crippen molar-refractivity contribution in [3.8, 4) is 5.75 Å². The second-order valence-corrected chi connectivity index (χ2v) is 9.22. The summed E-state index contributed by atoms with van der Waals surface area (Å²) in [6.07, 6.45) is -1.37. The highest BCUT2D eigenvalue weighted by Crippen LogP contribution is 2.32. The van der Waals surface area contributed by atoms with Crippen LogP contribution in [0.25, 0.3) is 10.8 Å². The van der Waals surface area contributed by atoms with Crippen molar-refractivity contribution in [1.82, 2.24) is 10.1 Å². The zero-order valence-electron chi connectivity index (χ0n) is 19.3. The third kappa shape index (κ3) is 5.52. The van der Waals surface area contributed by atoms with E-state index in [0.717, 1.165) is 49.4 Å². The molecule has 2 aromatic carbocycles. The first-order valence-corrected chi connectivity index (χ1v) is 11.2. The molecule has 176 valence electrons. The van der Waals surface area contributed by atoms with Crippen molar-refractivity contribution in [3.05, 3.63) is 53.8 Å². The summed E-state index contributed by atoms with van der Waals surface area (Å²) in [4.78, 5) is 15.1. The minimum absolute atomic E-state index is 0.234. The van der Waals surface area contributed by atoms with Crippen LogP contribution in [0, 0.1) is 0 Å². The van der Waals surface area contributed by atoms with Gasteiger partial charge in [0.25, 0.3) is 5.91 Å². The van der Waals surface area contributed by atoms with Gasteiger partial charge in [-0.05, 0) is 17.0 Å². The summed E-state index contributed by atoms with van der Waals surface area (Å²) in [7, 11) is 0. The van der Waals surface area contributed by atoms with Gasteiger partial charge < -0.3 is 24.4 Å². The number of hydrogen-bond acceptors (Lipinski definition) is 7. The van der Waals surface area contributed by atoms with Crippen molar-refractivity contribution >= 4 is 22.5 Å². The van der Waals surface area contributed by atoms with Gasteiger partial charge in [-0.25, -0.2) is 0 Å². The van der Waals surface area contributed by atoms with Crippen LogP contribution in [0.2, 0.25) is 0 Å². The van der Waals surface area contributed by atoms with Crippen molar-refractivity contribution in [1.29, 1.82) is 0 Å². The number of ether oxygens (including phenoxy) is 2. The molecule has 1 aliphatic heterocycles. The molecule has 8 nitrogen and oxygen atoms in total. The van der Waals surface area contributed by atoms with Gasteiger partial charge in [0.2, 0.25) is 0 Å². The monoisotopic (exact) mass is 453 g/mol. The van der Waals surface area contributed by atoms with Crippen LogP contribution in [0.5, 0.6) is 5.75 Å². The molecule has 33 heavy (non-hydrogen) atoms. The summed E-state index contributed by atoms with van der Waals surface area (Å²) < 4.78 is 16.8. The predicted molar refractivity (Wildman–Crippen MR) is 125 cm³/mol. The lowest BCUT2D eigenvalue weighted by Crippen LogP contribution is -2.38. The molecule has 1 saturated heterocycles. The minimum atomic E-state index is -1.37. The van der Waals surface area contributed by atoms with Crippen LogP contribution >= 0.6 is 0 Å². The number of fused-ring (bicyclic) bond motifs is 1. The zero-order valence-corrected chi connectivity index (χ0v) is 19.3. The van der Waals surface area contributed by atoms with Crippen molar-refractivity contribution in [3.63, 3.8) is 0 Å². The number of nitrogens with one attached hydrogen (secondary N) is 1. The molecule has 0 aliphatic carbocycles. The number of aliphatic hydroxyl groups is 1. The molecule has 0 radical (unpaired) electrons. The number of nitrogens with zero attached hydrogens (tertiary/aromatic N) is 2. The second kappa shape index (κ2) is 9.91. The zero-order chi connectivity index (χ0) is 23.4. The lowest BCUT2D eigenvalue weighted by Gasteiger charge is -2.26. The van der Waals surface area contributed by atoms with Gasteiger partial charge >= 0.3 is 0 Å². The third-order valence-electron chi connectivity index (χ3n) is 5.73. The molecule has 1 atom stereocenters. The fourth-order valence-corrected chi connectivity index (χ4v) is 3.79. The summed E-state index contributed by atoms with van der Waals surface area (Å²) in [6, 6.07) is 12.8. The molecule has 1 aliphatic rings. The molecule has 0 saturated carbocycles. The fraction of sp³-hybridized carbons (Fsp3) is 0.440. The molecular formula is C25H31N3O5. The normalized spacial score (nSPS) is 16.0. The van der Waals surface area contributed by atoms with E-state index in [1.54, 1.807) is 18.2 Å². The average Bonchev–Trinajstić information content (AvgIpc) is 3.28. The van der Waals surface area contributed by atoms with Crippen LogP contribution < -0.4 is 10.1 Å². The number of hydrogen-bond donors (Lipinski definition) is 2. The number of benzene rings is 2.